The van der Waals surface area contributed by atoms with Crippen molar-refractivity contribution < 1.29 is 5.11 Å². The molecule has 1 aromatic heterocycles. The fraction of sp³-hybridized carbons (Fsp3) is 0.206. The molecule has 0 spiro atoms. The summed E-state index contributed by atoms with van der Waals surface area (Å²) in [5.41, 5.74) is 8.51. The van der Waals surface area contributed by atoms with Crippen molar-refractivity contribution in [2.24, 2.45) is 0 Å². The average Bonchev–Trinajstić information content (AvgIpc) is 3.59. The molecule has 0 bridgehead atoms. The van der Waals surface area contributed by atoms with Crippen molar-refractivity contribution in [3.63, 3.8) is 0 Å². The summed E-state index contributed by atoms with van der Waals surface area (Å²) in [6.45, 7) is 9.64. The molecule has 0 unspecified atom stereocenters. The first-order valence-electron chi connectivity index (χ1n) is 13.6. The Bertz CT molecular complexity index is 1640. The van der Waals surface area contributed by atoms with Crippen LogP contribution in [0.2, 0.25) is 0 Å². The van der Waals surface area contributed by atoms with E-state index >= 15 is 0 Å². The minimum Gasteiger partial charge on any atom is -0.507 e. The molecule has 0 radical (unpaired) electrons. The van der Waals surface area contributed by atoms with Crippen LogP contribution in [0.25, 0.3) is 28.1 Å². The molecule has 6 rings (SSSR count). The molecule has 196 valence electrons. The molecule has 5 aromatic rings. The van der Waals surface area contributed by atoms with Crippen LogP contribution in [0, 0.1) is 0 Å². The van der Waals surface area contributed by atoms with E-state index in [0.717, 1.165) is 39.5 Å². The zero-order valence-electron chi connectivity index (χ0n) is 22.9. The maximum Gasteiger partial charge on any atom is 0.149 e. The molecule has 0 saturated heterocycles. The average molecular weight is 515 g/mol. The van der Waals surface area contributed by atoms with Gasteiger partial charge in [0.2, 0.25) is 0 Å². The second-order valence-corrected chi connectivity index (χ2v) is 10.7. The number of imidazole rings is 1. The van der Waals surface area contributed by atoms with Crippen LogP contribution < -0.4 is 9.80 Å². The molecular weight excluding hydrogens is 480 g/mol. The number of benzene rings is 4. The molecule has 1 aliphatic heterocycles. The van der Waals surface area contributed by atoms with Crippen molar-refractivity contribution in [2.45, 2.75) is 39.5 Å². The number of nitrogens with zero attached hydrogens (tertiary/aromatic N) is 4. The summed E-state index contributed by atoms with van der Waals surface area (Å²) in [6, 6.07) is 30.9. The first kappa shape index (κ1) is 24.8. The number of hydrogen-bond acceptors (Lipinski definition) is 4. The van der Waals surface area contributed by atoms with Gasteiger partial charge < -0.3 is 14.9 Å². The Labute approximate surface area is 230 Å². The number of aromatic hydroxyl groups is 1. The second-order valence-electron chi connectivity index (χ2n) is 10.7. The Morgan fingerprint density at radius 1 is 0.692 bits per heavy atom. The van der Waals surface area contributed by atoms with Gasteiger partial charge in [0.05, 0.1) is 29.1 Å². The van der Waals surface area contributed by atoms with E-state index in [9.17, 15) is 5.11 Å². The molecule has 2 heterocycles. The number of para-hydroxylation sites is 4. The molecule has 0 atom stereocenters. The third-order valence-corrected chi connectivity index (χ3v) is 7.50. The van der Waals surface area contributed by atoms with Crippen LogP contribution in [0.1, 0.15) is 50.7 Å². The van der Waals surface area contributed by atoms with Crippen LogP contribution in [-0.2, 0) is 0 Å². The smallest absolute Gasteiger partial charge is 0.149 e. The summed E-state index contributed by atoms with van der Waals surface area (Å²) >= 11 is 0. The van der Waals surface area contributed by atoms with Crippen molar-refractivity contribution in [1.82, 2.24) is 9.55 Å². The Hall–Kier alpha value is -4.51. The summed E-state index contributed by atoms with van der Waals surface area (Å²) in [5, 5.41) is 11.0. The van der Waals surface area contributed by atoms with Crippen molar-refractivity contribution in [1.29, 1.82) is 0 Å². The first-order valence-corrected chi connectivity index (χ1v) is 13.6. The first-order chi connectivity index (χ1) is 18.9. The predicted octanol–water partition coefficient (Wildman–Crippen LogP) is 8.40. The van der Waals surface area contributed by atoms with Gasteiger partial charge in [0.1, 0.15) is 17.1 Å². The van der Waals surface area contributed by atoms with E-state index in [0.29, 0.717) is 18.5 Å². The standard InChI is InChI=1S/C34H34N4O/c1-23(2)26-15-10-16-27(24(3)4)33(26)38-30-18-11-17-29(32(30)35-34(38)28-14-8-9-19-31(28)39)37-21-20-36(22-37)25-12-6-5-7-13-25/h5-21,23-24,39H,22H2,1-4H3. The van der Waals surface area contributed by atoms with Crippen LogP contribution in [0.5, 0.6) is 5.75 Å². The summed E-state index contributed by atoms with van der Waals surface area (Å²) in [7, 11) is 0. The van der Waals surface area contributed by atoms with E-state index < -0.39 is 0 Å². The van der Waals surface area contributed by atoms with Gasteiger partial charge in [-0.3, -0.25) is 4.57 Å². The van der Waals surface area contributed by atoms with E-state index in [1.165, 1.54) is 11.1 Å². The fourth-order valence-electron chi connectivity index (χ4n) is 5.52. The molecule has 0 aliphatic carbocycles. The molecule has 39 heavy (non-hydrogen) atoms. The number of hydrogen-bond donors (Lipinski definition) is 1. The summed E-state index contributed by atoms with van der Waals surface area (Å²) in [5.74, 6) is 1.60. The summed E-state index contributed by atoms with van der Waals surface area (Å²) < 4.78 is 2.27. The third kappa shape index (κ3) is 4.34. The summed E-state index contributed by atoms with van der Waals surface area (Å²) in [6.07, 6.45) is 4.22. The third-order valence-electron chi connectivity index (χ3n) is 7.50. The topological polar surface area (TPSA) is 44.5 Å². The number of fused-ring (bicyclic) bond motifs is 1. The highest BCUT2D eigenvalue weighted by Crippen LogP contribution is 2.41. The lowest BCUT2D eigenvalue weighted by molar-refractivity contribution is 0.477. The SMILES string of the molecule is CC(C)c1cccc(C(C)C)c1-n1c(-c2ccccc2O)nc2c(N3C=CN(c4ccccc4)C3)cccc21. The maximum absolute atomic E-state index is 11.0. The van der Waals surface area contributed by atoms with Crippen molar-refractivity contribution >= 4 is 22.4 Å². The van der Waals surface area contributed by atoms with Gasteiger partial charge in [0.25, 0.3) is 0 Å². The Balaban J connectivity index is 1.60. The van der Waals surface area contributed by atoms with E-state index in [4.69, 9.17) is 4.98 Å². The number of phenols is 1. The van der Waals surface area contributed by atoms with E-state index in [1.54, 1.807) is 6.07 Å². The Morgan fingerprint density at radius 3 is 2.03 bits per heavy atom. The van der Waals surface area contributed by atoms with Crippen molar-refractivity contribution in [3.8, 4) is 22.8 Å². The lowest BCUT2D eigenvalue weighted by Crippen LogP contribution is -2.24. The molecule has 0 amide bonds. The minimum atomic E-state index is 0.222. The highest BCUT2D eigenvalue weighted by atomic mass is 16.3. The number of rotatable bonds is 6. The predicted molar refractivity (Wildman–Crippen MR) is 162 cm³/mol. The maximum atomic E-state index is 11.0. The Morgan fingerprint density at radius 2 is 1.33 bits per heavy atom. The van der Waals surface area contributed by atoms with Gasteiger partial charge in [-0.2, -0.15) is 0 Å². The molecule has 0 fully saturated rings. The van der Waals surface area contributed by atoms with Gasteiger partial charge in [-0.25, -0.2) is 4.98 Å². The molecule has 1 N–H and O–H groups in total. The lowest BCUT2D eigenvalue weighted by atomic mass is 9.92. The van der Waals surface area contributed by atoms with Gasteiger partial charge in [-0.1, -0.05) is 82.3 Å². The fourth-order valence-corrected chi connectivity index (χ4v) is 5.52. The van der Waals surface area contributed by atoms with E-state index in [1.807, 2.05) is 24.3 Å². The molecule has 5 heteroatoms. The van der Waals surface area contributed by atoms with Crippen LogP contribution in [0.15, 0.2) is 103 Å². The van der Waals surface area contributed by atoms with Gasteiger partial charge in [-0.05, 0) is 59.4 Å². The monoisotopic (exact) mass is 514 g/mol. The van der Waals surface area contributed by atoms with E-state index in [-0.39, 0.29) is 5.75 Å². The molecule has 0 saturated carbocycles. The van der Waals surface area contributed by atoms with E-state index in [2.05, 4.69) is 115 Å². The highest BCUT2D eigenvalue weighted by Gasteiger charge is 2.26. The zero-order chi connectivity index (χ0) is 27.1. The quantitative estimate of drug-likeness (QED) is 0.247. The van der Waals surface area contributed by atoms with Gasteiger partial charge in [-0.15, -0.1) is 0 Å². The zero-order valence-corrected chi connectivity index (χ0v) is 22.9. The molecule has 5 nitrogen and oxygen atoms in total. The molecular formula is C34H34N4O. The van der Waals surface area contributed by atoms with Crippen molar-refractivity contribution in [3.05, 3.63) is 115 Å². The number of aromatic nitrogens is 2. The molecule has 1 aliphatic rings. The summed E-state index contributed by atoms with van der Waals surface area (Å²) in [4.78, 5) is 9.73. The van der Waals surface area contributed by atoms with Crippen molar-refractivity contribution in [2.75, 3.05) is 16.5 Å². The van der Waals surface area contributed by atoms with Crippen LogP contribution in [0.3, 0.4) is 0 Å². The normalized spacial score (nSPS) is 13.4. The van der Waals surface area contributed by atoms with Crippen LogP contribution >= 0.6 is 0 Å². The second kappa shape index (κ2) is 9.99. The van der Waals surface area contributed by atoms with Gasteiger partial charge >= 0.3 is 0 Å². The lowest BCUT2D eigenvalue weighted by Gasteiger charge is -2.23. The number of anilines is 2. The van der Waals surface area contributed by atoms with Gasteiger partial charge in [0, 0.05) is 18.1 Å². The number of phenolic OH excluding ortho intramolecular Hbond substituents is 1. The molecule has 4 aromatic carbocycles. The Kier molecular flexibility index (Phi) is 6.35. The van der Waals surface area contributed by atoms with Gasteiger partial charge in [0.15, 0.2) is 0 Å². The minimum absolute atomic E-state index is 0.222. The largest absolute Gasteiger partial charge is 0.507 e. The highest BCUT2D eigenvalue weighted by molar-refractivity contribution is 5.95. The van der Waals surface area contributed by atoms with Crippen LogP contribution in [0.4, 0.5) is 11.4 Å². The van der Waals surface area contributed by atoms with Crippen LogP contribution in [-0.4, -0.2) is 21.3 Å².